The van der Waals surface area contributed by atoms with Crippen molar-refractivity contribution in [3.8, 4) is 0 Å². The Morgan fingerprint density at radius 3 is 1.49 bits per heavy atom. The number of aromatic amines is 4. The molecule has 0 amide bonds. The van der Waals surface area contributed by atoms with Crippen LogP contribution in [0.25, 0.3) is 5.57 Å². The van der Waals surface area contributed by atoms with Crippen LogP contribution >= 0.6 is 46.4 Å². The third-order valence-electron chi connectivity index (χ3n) is 24.1. The van der Waals surface area contributed by atoms with E-state index in [1.807, 2.05) is 117 Å². The molecule has 698 valence electrons. The molecule has 2 atom stereocenters. The highest BCUT2D eigenvalue weighted by molar-refractivity contribution is 7.91. The zero-order valence-corrected chi connectivity index (χ0v) is 79.9. The summed E-state index contributed by atoms with van der Waals surface area (Å²) in [6, 6.07) is 22.2. The van der Waals surface area contributed by atoms with Gasteiger partial charge in [0, 0.05) is 116 Å². The van der Waals surface area contributed by atoms with Crippen LogP contribution in [-0.2, 0) is 39.2 Å². The maximum atomic E-state index is 15.3. The van der Waals surface area contributed by atoms with Gasteiger partial charge in [-0.15, -0.1) is 0 Å². The Morgan fingerprint density at radius 1 is 0.489 bits per heavy atom. The highest BCUT2D eigenvalue weighted by atomic mass is 35.5. The number of benzene rings is 4. The maximum Gasteiger partial charge on any atom is 0.229 e. The molecule has 4 fully saturated rings. The number of sulfone groups is 1. The number of aromatic nitrogens is 18. The number of anilines is 12. The number of rotatable bonds is 24. The van der Waals surface area contributed by atoms with Crippen molar-refractivity contribution in [1.29, 1.82) is 0 Å². The number of piperidine rings is 2. The number of aryl methyl sites for hydroxylation is 9. The van der Waals surface area contributed by atoms with Crippen molar-refractivity contribution < 1.29 is 30.0 Å². The number of hydrogen-bond acceptors (Lipinski definition) is 27. The highest BCUT2D eigenvalue weighted by Crippen LogP contribution is 2.40. The first-order chi connectivity index (χ1) is 63.7. The molecule has 0 aliphatic carbocycles. The molecule has 0 bridgehead atoms. The molecule has 1 unspecified atom stereocenters. The molecule has 0 radical (unpaired) electrons. The Balaban J connectivity index is 0.000000136. The van der Waals surface area contributed by atoms with Crippen molar-refractivity contribution in [2.24, 2.45) is 0 Å². The predicted molar refractivity (Wildman–Crippen MR) is 515 cm³/mol. The van der Waals surface area contributed by atoms with E-state index in [0.29, 0.717) is 121 Å². The van der Waals surface area contributed by atoms with Gasteiger partial charge in [-0.1, -0.05) is 64.6 Å². The third-order valence-corrected chi connectivity index (χ3v) is 28.3. The van der Waals surface area contributed by atoms with Gasteiger partial charge in [0.05, 0.1) is 64.1 Å². The normalized spacial score (nSPS) is 16.7. The average molecular weight is 1930 g/mol. The molecule has 5 aliphatic heterocycles. The number of halogens is 7. The summed E-state index contributed by atoms with van der Waals surface area (Å²) in [7, 11) is -6.07. The lowest BCUT2D eigenvalue weighted by atomic mass is 9.85. The zero-order chi connectivity index (χ0) is 93.9. The van der Waals surface area contributed by atoms with Gasteiger partial charge >= 0.3 is 0 Å². The van der Waals surface area contributed by atoms with Gasteiger partial charge < -0.3 is 37.2 Å². The van der Waals surface area contributed by atoms with E-state index < -0.39 is 19.9 Å². The molecule has 32 nitrogen and oxygen atoms in total. The summed E-state index contributed by atoms with van der Waals surface area (Å²) in [5.41, 5.74) is 18.8. The number of hydrogen-bond donors (Lipinski definition) is 11. The van der Waals surface area contributed by atoms with Crippen LogP contribution < -0.4 is 37.2 Å². The first-order valence-corrected chi connectivity index (χ1v) is 48.9. The Labute approximate surface area is 790 Å². The highest BCUT2D eigenvalue weighted by Gasteiger charge is 2.36. The SMILES string of the molecule is Cc1cc(Cc2nc(Cc3cc(C)c(C4CCN([C@H]5CCN(S(C)(=O)=O)C5)CC4)cc3F)ncc2Cl)n[nH]1.Cc1cc(Nc2nc(Nc3cc(C)c(C4=CCNCC4)cc3F)ncc2Cl)n[nH]1.Cc1cc(Nc2nc(Nc3cc(C)c(C4CCN(Cc5cncnc5)CC4)cc3F)ncc2Cl)n[nH]1.Cc1cc(Nc2nc(Nc3cc(C)c(C4CCS(=O)(=O)C4)cc3C)ncc2Cl)n[nH]1. The van der Waals surface area contributed by atoms with E-state index in [2.05, 4.69) is 150 Å². The minimum atomic E-state index is -3.14. The first kappa shape index (κ1) is 95.9. The summed E-state index contributed by atoms with van der Waals surface area (Å²) in [5.74, 6) is 4.58. The zero-order valence-electron chi connectivity index (χ0n) is 75.2. The van der Waals surface area contributed by atoms with E-state index in [-0.39, 0.29) is 65.2 Å². The van der Waals surface area contributed by atoms with Gasteiger partial charge in [-0.3, -0.25) is 30.2 Å². The van der Waals surface area contributed by atoms with E-state index in [9.17, 15) is 21.2 Å². The number of nitrogens with zero attached hydrogens (tertiary/aromatic N) is 17. The minimum Gasteiger partial charge on any atom is -0.324 e. The summed E-state index contributed by atoms with van der Waals surface area (Å²) in [4.78, 5) is 47.8. The lowest BCUT2D eigenvalue weighted by molar-refractivity contribution is 0.157. The predicted octanol–water partition coefficient (Wildman–Crippen LogP) is 17.9. The fourth-order valence-corrected chi connectivity index (χ4v) is 20.5. The second-order valence-electron chi connectivity index (χ2n) is 34.3. The van der Waals surface area contributed by atoms with Gasteiger partial charge in [0.25, 0.3) is 0 Å². The summed E-state index contributed by atoms with van der Waals surface area (Å²) in [5, 5.41) is 51.2. The smallest absolute Gasteiger partial charge is 0.229 e. The molecule has 4 saturated heterocycles. The third kappa shape index (κ3) is 25.3. The Bertz CT molecular complexity index is 6610. The molecule has 13 aromatic rings. The molecule has 5 aliphatic rings. The van der Waals surface area contributed by atoms with Crippen molar-refractivity contribution in [1.82, 2.24) is 110 Å². The van der Waals surface area contributed by atoms with Crippen LogP contribution in [-0.4, -0.2) is 198 Å². The Morgan fingerprint density at radius 2 is 0.985 bits per heavy atom. The van der Waals surface area contributed by atoms with Crippen molar-refractivity contribution in [2.75, 3.05) is 102 Å². The van der Waals surface area contributed by atoms with Crippen molar-refractivity contribution in [3.63, 3.8) is 0 Å². The summed E-state index contributed by atoms with van der Waals surface area (Å²) in [6.45, 7) is 25.0. The molecule has 133 heavy (non-hydrogen) atoms. The van der Waals surface area contributed by atoms with Gasteiger partial charge in [-0.05, 0) is 261 Å². The summed E-state index contributed by atoms with van der Waals surface area (Å²) in [6.07, 6.45) is 21.7. The lowest BCUT2D eigenvalue weighted by Gasteiger charge is -2.36. The number of nitrogens with one attached hydrogen (secondary N) is 11. The van der Waals surface area contributed by atoms with Crippen molar-refractivity contribution in [3.05, 3.63) is 261 Å². The van der Waals surface area contributed by atoms with Gasteiger partial charge in [0.2, 0.25) is 27.9 Å². The Hall–Kier alpha value is -11.7. The monoisotopic (exact) mass is 1930 g/mol. The van der Waals surface area contributed by atoms with Crippen LogP contribution in [0.1, 0.15) is 164 Å². The minimum absolute atomic E-state index is 0.0580. The van der Waals surface area contributed by atoms with Crippen LogP contribution in [0.4, 0.5) is 83.0 Å². The molecular formula is C92H105Cl4F3N28O4S2. The Kier molecular flexibility index (Phi) is 30.8. The number of likely N-dealkylation sites (tertiary alicyclic amines) is 2. The van der Waals surface area contributed by atoms with Gasteiger partial charge in [0.15, 0.2) is 44.7 Å². The van der Waals surface area contributed by atoms with Crippen LogP contribution in [0.2, 0.25) is 20.1 Å². The maximum absolute atomic E-state index is 15.3. The van der Waals surface area contributed by atoms with Crippen LogP contribution in [0.15, 0.2) is 122 Å². The number of H-pyrrole nitrogens is 4. The average Bonchev–Trinajstić information content (AvgIpc) is 1.69. The second-order valence-corrected chi connectivity index (χ2v) is 40.2. The molecule has 0 spiro atoms. The van der Waals surface area contributed by atoms with Crippen molar-refractivity contribution >= 4 is 142 Å². The molecular weight excluding hydrogens is 1820 g/mol. The molecule has 14 heterocycles. The van der Waals surface area contributed by atoms with E-state index in [1.165, 1.54) is 24.8 Å². The fourth-order valence-electron chi connectivity index (χ4n) is 17.2. The molecule has 18 rings (SSSR count). The van der Waals surface area contributed by atoms with Crippen LogP contribution in [0.3, 0.4) is 0 Å². The van der Waals surface area contributed by atoms with E-state index in [4.69, 9.17) is 46.4 Å². The van der Waals surface area contributed by atoms with Crippen molar-refractivity contribution in [2.45, 2.75) is 150 Å². The van der Waals surface area contributed by atoms with E-state index >= 15 is 8.78 Å². The fraction of sp³-hybridized carbons (Fsp3) is 0.370. The molecule has 11 N–H and O–H groups in total. The molecule has 41 heteroatoms. The second kappa shape index (κ2) is 42.7. The van der Waals surface area contributed by atoms with Crippen LogP contribution in [0, 0.1) is 79.8 Å². The van der Waals surface area contributed by atoms with Gasteiger partial charge in [-0.25, -0.2) is 69.2 Å². The van der Waals surface area contributed by atoms with E-state index in [1.54, 1.807) is 41.1 Å². The largest absolute Gasteiger partial charge is 0.324 e. The lowest BCUT2D eigenvalue weighted by Crippen LogP contribution is -2.43. The summed E-state index contributed by atoms with van der Waals surface area (Å²) < 4.78 is 94.3. The van der Waals surface area contributed by atoms with Crippen LogP contribution in [0.5, 0.6) is 0 Å². The standard InChI is InChI=1S/C27H34ClFN6O2S.C25H27ClFN9.C20H21ClFN7.C20H23ClN6O2S/c1-17-10-20(12-27-30-15-24(28)26(31-27)13-21-11-18(2)32-33-21)25(29)14-23(17)19-4-7-34(8-5-19)22-6-9-35(16-22)38(3,36)37;1-15-7-22(31-25-30-12-20(26)24(33-25)32-23-8-16(2)34-35-23)21(27)9-19(15)18-3-5-36(6-4-18)13-17-10-28-14-29-11-17;1-11-7-17(16(22)9-14(11)13-3-5-23-6-4-13)25-20-24-10-15(21)19(27-20)26-18-8-12(2)28-29-18;1-11-7-17(12(2)6-15(11)14-4-5-30(28,29)10-14)23-20-22-9-16(21)19(25-20)24-18-8-13(3)26-27-18/h10-11,14-15,19,22H,4-9,12-13,16H2,1-3H3,(H,32,33);7-12,14,18H,3-6,13H2,1-2H3,(H3,30,31,32,33,34,35);3,7-10,23H,4-6H2,1-2H3,(H3,24,25,26,27,28,29);6-9,14H,4-5,10H2,1-3H3,(H3,22,23,24,25,26,27)/t22-;;;/m0.../s1. The van der Waals surface area contributed by atoms with E-state index in [0.717, 1.165) is 180 Å². The molecule has 9 aromatic heterocycles. The summed E-state index contributed by atoms with van der Waals surface area (Å²) >= 11 is 25.0. The molecule has 4 aromatic carbocycles. The topological polar surface area (TPSA) is 406 Å². The quantitative estimate of drug-likeness (QED) is 0.0268. The molecule has 0 saturated carbocycles. The van der Waals surface area contributed by atoms with Gasteiger partial charge in [-0.2, -0.15) is 35.3 Å². The number of sulfonamides is 1. The van der Waals surface area contributed by atoms with Gasteiger partial charge in [0.1, 0.15) is 44.7 Å². The first-order valence-electron chi connectivity index (χ1n) is 43.7.